The maximum absolute atomic E-state index is 13.7. The van der Waals surface area contributed by atoms with Crippen molar-refractivity contribution in [2.75, 3.05) is 38.8 Å². The number of benzene rings is 2. The Hall–Kier alpha value is -3.04. The Morgan fingerprint density at radius 1 is 1.19 bits per heavy atom. The highest BCUT2D eigenvalue weighted by Crippen LogP contribution is 2.35. The van der Waals surface area contributed by atoms with E-state index in [0.717, 1.165) is 4.90 Å². The molecule has 0 radical (unpaired) electrons. The first-order chi connectivity index (χ1) is 15.7. The maximum Gasteiger partial charge on any atom is 0.233 e. The van der Waals surface area contributed by atoms with E-state index in [9.17, 15) is 9.18 Å². The summed E-state index contributed by atoms with van der Waals surface area (Å²) in [6.45, 7) is 1.98. The van der Waals surface area contributed by atoms with Crippen LogP contribution < -0.4 is 14.2 Å². The van der Waals surface area contributed by atoms with Crippen molar-refractivity contribution in [3.8, 4) is 17.2 Å². The highest BCUT2D eigenvalue weighted by molar-refractivity contribution is 8.00. The van der Waals surface area contributed by atoms with E-state index in [1.165, 1.54) is 23.9 Å². The van der Waals surface area contributed by atoms with Crippen LogP contribution >= 0.6 is 11.8 Å². The molecule has 1 fully saturated rings. The largest absolute Gasteiger partial charge is 0.491 e. The van der Waals surface area contributed by atoms with Crippen LogP contribution in [0, 0.1) is 5.82 Å². The summed E-state index contributed by atoms with van der Waals surface area (Å²) in [5, 5.41) is 0.710. The Labute approximate surface area is 188 Å². The molecule has 0 bridgehead atoms. The van der Waals surface area contributed by atoms with Gasteiger partial charge in [0.1, 0.15) is 24.3 Å². The van der Waals surface area contributed by atoms with Crippen LogP contribution in [-0.2, 0) is 9.53 Å². The maximum atomic E-state index is 13.7. The summed E-state index contributed by atoms with van der Waals surface area (Å²) in [4.78, 5) is 19.7. The zero-order chi connectivity index (χ0) is 21.9. The second-order valence-electron chi connectivity index (χ2n) is 7.42. The van der Waals surface area contributed by atoms with E-state index in [4.69, 9.17) is 18.9 Å². The minimum atomic E-state index is -0.322. The minimum Gasteiger partial charge on any atom is -0.491 e. The molecule has 9 heteroatoms. The van der Waals surface area contributed by atoms with Crippen LogP contribution in [0.2, 0.25) is 0 Å². The first kappa shape index (κ1) is 20.8. The summed E-state index contributed by atoms with van der Waals surface area (Å²) >= 11 is 1.39. The van der Waals surface area contributed by atoms with Crippen LogP contribution in [0.1, 0.15) is 0 Å². The van der Waals surface area contributed by atoms with Crippen LogP contribution in [0.5, 0.6) is 17.2 Å². The molecule has 1 saturated heterocycles. The molecular weight excluding hydrogens is 435 g/mol. The number of halogens is 1. The van der Waals surface area contributed by atoms with Crippen LogP contribution in [0.15, 0.2) is 53.6 Å². The van der Waals surface area contributed by atoms with Crippen molar-refractivity contribution in [3.63, 3.8) is 0 Å². The number of carbonyl (C=O) groups is 1. The molecule has 1 unspecified atom stereocenters. The molecule has 166 valence electrons. The number of amides is 1. The number of fused-ring (bicyclic) bond motifs is 2. The van der Waals surface area contributed by atoms with Crippen LogP contribution in [0.3, 0.4) is 0 Å². The molecule has 5 rings (SSSR count). The minimum absolute atomic E-state index is 0.00717. The quantitative estimate of drug-likeness (QED) is 0.526. The van der Waals surface area contributed by atoms with Gasteiger partial charge in [-0.05, 0) is 36.4 Å². The molecule has 0 aliphatic carbocycles. The standard InChI is InChI=1S/C23H21FN2O5S/c24-15-1-3-19-18(9-15)22(5-6-25-19)32-13-23(27)26-7-8-28-17(11-26)12-29-16-2-4-20-21(10-16)31-14-30-20/h1-6,9-10,17H,7-8,11-14H2. The number of carbonyl (C=O) groups excluding carboxylic acids is 1. The number of morpholine rings is 1. The SMILES string of the molecule is O=C(CSc1ccnc2ccc(F)cc12)N1CCOC(COc2ccc3c(c2)OCO3)C1. The first-order valence-corrected chi connectivity index (χ1v) is 11.2. The number of ether oxygens (including phenoxy) is 4. The lowest BCUT2D eigenvalue weighted by atomic mass is 10.2. The van der Waals surface area contributed by atoms with Gasteiger partial charge in [0.2, 0.25) is 12.7 Å². The summed E-state index contributed by atoms with van der Waals surface area (Å²) in [6, 6.07) is 11.7. The molecule has 32 heavy (non-hydrogen) atoms. The molecule has 2 aliphatic rings. The van der Waals surface area contributed by atoms with E-state index in [1.807, 2.05) is 6.07 Å². The van der Waals surface area contributed by atoms with Gasteiger partial charge in [0.25, 0.3) is 0 Å². The van der Waals surface area contributed by atoms with Crippen molar-refractivity contribution in [1.29, 1.82) is 0 Å². The number of hydrogen-bond donors (Lipinski definition) is 0. The average molecular weight is 456 g/mol. The summed E-state index contributed by atoms with van der Waals surface area (Å²) in [6.07, 6.45) is 1.45. The summed E-state index contributed by atoms with van der Waals surface area (Å²) in [5.41, 5.74) is 0.705. The van der Waals surface area contributed by atoms with Gasteiger partial charge in [-0.3, -0.25) is 9.78 Å². The molecule has 3 aromatic rings. The van der Waals surface area contributed by atoms with Crippen LogP contribution in [0.4, 0.5) is 4.39 Å². The zero-order valence-electron chi connectivity index (χ0n) is 17.2. The number of aromatic nitrogens is 1. The van der Waals surface area contributed by atoms with Gasteiger partial charge in [0.15, 0.2) is 11.5 Å². The van der Waals surface area contributed by atoms with Gasteiger partial charge in [-0.15, -0.1) is 11.8 Å². The summed E-state index contributed by atoms with van der Waals surface area (Å²) < 4.78 is 35.9. The van der Waals surface area contributed by atoms with Crippen molar-refractivity contribution >= 4 is 28.6 Å². The Balaban J connectivity index is 1.16. The van der Waals surface area contributed by atoms with Gasteiger partial charge in [-0.1, -0.05) is 0 Å². The number of rotatable bonds is 6. The van der Waals surface area contributed by atoms with E-state index < -0.39 is 0 Å². The van der Waals surface area contributed by atoms with Gasteiger partial charge in [-0.25, -0.2) is 4.39 Å². The average Bonchev–Trinajstić information content (AvgIpc) is 3.29. The Bertz CT molecular complexity index is 1140. The first-order valence-electron chi connectivity index (χ1n) is 10.2. The lowest BCUT2D eigenvalue weighted by Gasteiger charge is -2.32. The predicted octanol–water partition coefficient (Wildman–Crippen LogP) is 3.50. The second kappa shape index (κ2) is 9.22. The molecule has 0 spiro atoms. The van der Waals surface area contributed by atoms with Crippen molar-refractivity contribution in [3.05, 3.63) is 54.5 Å². The van der Waals surface area contributed by atoms with E-state index in [2.05, 4.69) is 4.98 Å². The third-order valence-corrected chi connectivity index (χ3v) is 6.34. The van der Waals surface area contributed by atoms with Crippen molar-refractivity contribution in [1.82, 2.24) is 9.88 Å². The zero-order valence-corrected chi connectivity index (χ0v) is 18.0. The Kier molecular flexibility index (Phi) is 6.00. The molecule has 3 heterocycles. The molecule has 1 atom stereocenters. The number of hydrogen-bond acceptors (Lipinski definition) is 7. The molecule has 0 N–H and O–H groups in total. The lowest BCUT2D eigenvalue weighted by Crippen LogP contribution is -2.48. The van der Waals surface area contributed by atoms with Crippen LogP contribution in [0.25, 0.3) is 10.9 Å². The molecular formula is C23H21FN2O5S. The molecule has 2 aromatic carbocycles. The van der Waals surface area contributed by atoms with E-state index in [-0.39, 0.29) is 30.4 Å². The van der Waals surface area contributed by atoms with E-state index in [0.29, 0.717) is 54.5 Å². The van der Waals surface area contributed by atoms with E-state index >= 15 is 0 Å². The summed E-state index contributed by atoms with van der Waals surface area (Å²) in [5.74, 6) is 1.96. The smallest absolute Gasteiger partial charge is 0.233 e. The second-order valence-corrected chi connectivity index (χ2v) is 8.44. The van der Waals surface area contributed by atoms with Gasteiger partial charge in [0, 0.05) is 29.1 Å². The highest BCUT2D eigenvalue weighted by atomic mass is 32.2. The fourth-order valence-electron chi connectivity index (χ4n) is 3.65. The molecule has 1 aromatic heterocycles. The monoisotopic (exact) mass is 456 g/mol. The number of thioether (sulfide) groups is 1. The fraction of sp³-hybridized carbons (Fsp3) is 0.304. The topological polar surface area (TPSA) is 70.1 Å². The normalized spacial score (nSPS) is 17.5. The number of pyridine rings is 1. The highest BCUT2D eigenvalue weighted by Gasteiger charge is 2.25. The molecule has 7 nitrogen and oxygen atoms in total. The number of nitrogens with zero attached hydrogens (tertiary/aromatic N) is 2. The predicted molar refractivity (Wildman–Crippen MR) is 117 cm³/mol. The summed E-state index contributed by atoms with van der Waals surface area (Å²) in [7, 11) is 0. The van der Waals surface area contributed by atoms with Crippen molar-refractivity contribution < 1.29 is 28.1 Å². The Morgan fingerprint density at radius 3 is 3.03 bits per heavy atom. The molecule has 0 saturated carbocycles. The van der Waals surface area contributed by atoms with Crippen molar-refractivity contribution in [2.24, 2.45) is 0 Å². The third-order valence-electron chi connectivity index (χ3n) is 5.29. The van der Waals surface area contributed by atoms with Crippen LogP contribution in [-0.4, -0.2) is 60.7 Å². The van der Waals surface area contributed by atoms with Gasteiger partial charge < -0.3 is 23.8 Å². The fourth-order valence-corrected chi connectivity index (χ4v) is 4.59. The van der Waals surface area contributed by atoms with Crippen molar-refractivity contribution in [2.45, 2.75) is 11.0 Å². The molecule has 1 amide bonds. The Morgan fingerprint density at radius 2 is 2.09 bits per heavy atom. The van der Waals surface area contributed by atoms with Gasteiger partial charge in [0.05, 0.1) is 24.4 Å². The van der Waals surface area contributed by atoms with Gasteiger partial charge >= 0.3 is 0 Å². The third kappa shape index (κ3) is 4.58. The molecule has 2 aliphatic heterocycles. The van der Waals surface area contributed by atoms with E-state index in [1.54, 1.807) is 35.4 Å². The van der Waals surface area contributed by atoms with Gasteiger partial charge in [-0.2, -0.15) is 0 Å². The lowest BCUT2D eigenvalue weighted by molar-refractivity contribution is -0.137.